The molecule has 0 aliphatic rings. The van der Waals surface area contributed by atoms with E-state index in [1.165, 1.54) is 16.9 Å². The summed E-state index contributed by atoms with van der Waals surface area (Å²) in [5, 5.41) is 6.20. The second kappa shape index (κ2) is 8.34. The molecule has 0 radical (unpaired) electrons. The molecule has 1 amide bonds. The predicted molar refractivity (Wildman–Crippen MR) is 106 cm³/mol. The summed E-state index contributed by atoms with van der Waals surface area (Å²) in [7, 11) is 0. The van der Waals surface area contributed by atoms with Crippen molar-refractivity contribution in [2.75, 3.05) is 5.32 Å². The van der Waals surface area contributed by atoms with E-state index < -0.39 is 0 Å². The molecule has 6 heteroatoms. The van der Waals surface area contributed by atoms with Gasteiger partial charge in [-0.1, -0.05) is 35.4 Å². The average molecular weight is 387 g/mol. The number of anilines is 1. The van der Waals surface area contributed by atoms with E-state index >= 15 is 0 Å². The summed E-state index contributed by atoms with van der Waals surface area (Å²) in [5.74, 6) is 0.688. The lowest BCUT2D eigenvalue weighted by Crippen LogP contribution is -2.15. The van der Waals surface area contributed by atoms with Crippen LogP contribution >= 0.6 is 22.9 Å². The largest absolute Gasteiger partial charge is 0.486 e. The molecule has 0 spiro atoms. The average Bonchev–Trinajstić information content (AvgIpc) is 3.05. The maximum atomic E-state index is 12.2. The highest BCUT2D eigenvalue weighted by atomic mass is 35.5. The zero-order valence-corrected chi connectivity index (χ0v) is 16.2. The number of rotatable bonds is 6. The Bertz CT molecular complexity index is 906. The minimum Gasteiger partial charge on any atom is -0.486 e. The molecule has 0 bridgehead atoms. The van der Waals surface area contributed by atoms with Crippen LogP contribution in [0.1, 0.15) is 21.8 Å². The third-order valence-corrected chi connectivity index (χ3v) is 4.90. The fraction of sp³-hybridized carbons (Fsp3) is 0.200. The first-order valence-corrected chi connectivity index (χ1v) is 9.44. The Labute approximate surface area is 161 Å². The minimum atomic E-state index is -0.119. The van der Waals surface area contributed by atoms with Gasteiger partial charge in [-0.25, -0.2) is 4.98 Å². The van der Waals surface area contributed by atoms with E-state index in [2.05, 4.69) is 10.3 Å². The maximum Gasteiger partial charge on any atom is 0.230 e. The lowest BCUT2D eigenvalue weighted by molar-refractivity contribution is -0.115. The highest BCUT2D eigenvalue weighted by Crippen LogP contribution is 2.21. The van der Waals surface area contributed by atoms with Gasteiger partial charge in [-0.15, -0.1) is 11.3 Å². The second-order valence-electron chi connectivity index (χ2n) is 6.02. The summed E-state index contributed by atoms with van der Waals surface area (Å²) in [4.78, 5) is 16.7. The number of hydrogen-bond acceptors (Lipinski definition) is 4. The van der Waals surface area contributed by atoms with Crippen molar-refractivity contribution in [3.63, 3.8) is 0 Å². The van der Waals surface area contributed by atoms with Crippen LogP contribution in [0.3, 0.4) is 0 Å². The number of halogens is 1. The number of ether oxygens (including phenoxy) is 1. The molecular formula is C20H19ClN2O2S. The predicted octanol–water partition coefficient (Wildman–Crippen LogP) is 5.17. The van der Waals surface area contributed by atoms with Crippen LogP contribution in [0.4, 0.5) is 5.69 Å². The van der Waals surface area contributed by atoms with Gasteiger partial charge in [0, 0.05) is 16.1 Å². The summed E-state index contributed by atoms with van der Waals surface area (Å²) < 4.78 is 5.72. The first-order valence-electron chi connectivity index (χ1n) is 8.18. The Hall–Kier alpha value is -2.37. The molecule has 3 aromatic rings. The molecule has 3 rings (SSSR count). The lowest BCUT2D eigenvalue weighted by Gasteiger charge is -2.08. The molecule has 0 aliphatic heterocycles. The van der Waals surface area contributed by atoms with E-state index in [9.17, 15) is 4.79 Å². The first-order chi connectivity index (χ1) is 12.5. The van der Waals surface area contributed by atoms with Crippen molar-refractivity contribution >= 4 is 34.5 Å². The summed E-state index contributed by atoms with van der Waals surface area (Å²) in [6.45, 7) is 4.35. The van der Waals surface area contributed by atoms with Gasteiger partial charge in [-0.3, -0.25) is 4.79 Å². The van der Waals surface area contributed by atoms with E-state index in [-0.39, 0.29) is 12.3 Å². The zero-order chi connectivity index (χ0) is 18.5. The molecule has 1 aromatic heterocycles. The highest BCUT2D eigenvalue weighted by molar-refractivity contribution is 7.09. The Morgan fingerprint density at radius 3 is 2.73 bits per heavy atom. The molecule has 0 aliphatic carbocycles. The van der Waals surface area contributed by atoms with Crippen LogP contribution in [0.25, 0.3) is 0 Å². The third kappa shape index (κ3) is 5.07. The van der Waals surface area contributed by atoms with Crippen molar-refractivity contribution in [1.29, 1.82) is 0 Å². The molecule has 0 saturated heterocycles. The minimum absolute atomic E-state index is 0.119. The third-order valence-electron chi connectivity index (χ3n) is 3.80. The molecule has 0 fully saturated rings. The van der Waals surface area contributed by atoms with E-state index in [0.717, 1.165) is 27.7 Å². The van der Waals surface area contributed by atoms with Crippen molar-refractivity contribution in [3.8, 4) is 5.75 Å². The molecule has 0 saturated carbocycles. The Morgan fingerprint density at radius 1 is 1.19 bits per heavy atom. The maximum absolute atomic E-state index is 12.2. The molecule has 26 heavy (non-hydrogen) atoms. The fourth-order valence-corrected chi connectivity index (χ4v) is 3.24. The number of amides is 1. The van der Waals surface area contributed by atoms with Gasteiger partial charge in [0.25, 0.3) is 0 Å². The fourth-order valence-electron chi connectivity index (χ4n) is 2.36. The quantitative estimate of drug-likeness (QED) is 0.635. The number of nitrogens with zero attached hydrogens (tertiary/aromatic N) is 1. The standard InChI is InChI=1S/C20H19ClN2O2S/c1-13-3-7-17(8-4-13)25-11-20-22-16(12-26-20)10-19(24)23-18-9-15(21)6-5-14(18)2/h3-9,12H,10-11H2,1-2H3,(H,23,24). The molecular weight excluding hydrogens is 368 g/mol. The van der Waals surface area contributed by atoms with Crippen molar-refractivity contribution in [2.24, 2.45) is 0 Å². The van der Waals surface area contributed by atoms with Crippen LogP contribution in [0.15, 0.2) is 47.8 Å². The number of carbonyl (C=O) groups is 1. The van der Waals surface area contributed by atoms with Gasteiger partial charge in [0.15, 0.2) is 0 Å². The number of hydrogen-bond donors (Lipinski definition) is 1. The topological polar surface area (TPSA) is 51.2 Å². The van der Waals surface area contributed by atoms with Gasteiger partial charge in [0.2, 0.25) is 5.91 Å². The lowest BCUT2D eigenvalue weighted by atomic mass is 10.2. The van der Waals surface area contributed by atoms with Gasteiger partial charge in [-0.05, 0) is 43.7 Å². The van der Waals surface area contributed by atoms with Crippen LogP contribution in [0, 0.1) is 13.8 Å². The van der Waals surface area contributed by atoms with E-state index in [1.54, 1.807) is 12.1 Å². The normalized spacial score (nSPS) is 10.6. The molecule has 0 unspecified atom stereocenters. The highest BCUT2D eigenvalue weighted by Gasteiger charge is 2.10. The molecule has 1 N–H and O–H groups in total. The summed E-state index contributed by atoms with van der Waals surface area (Å²) in [6, 6.07) is 13.3. The Kier molecular flexibility index (Phi) is 5.91. The number of aryl methyl sites for hydroxylation is 2. The van der Waals surface area contributed by atoms with E-state index in [0.29, 0.717) is 11.6 Å². The van der Waals surface area contributed by atoms with E-state index in [1.807, 2.05) is 49.6 Å². The van der Waals surface area contributed by atoms with Crippen LogP contribution < -0.4 is 10.1 Å². The summed E-state index contributed by atoms with van der Waals surface area (Å²) in [5.41, 5.74) is 3.61. The van der Waals surface area contributed by atoms with Crippen molar-refractivity contribution in [2.45, 2.75) is 26.9 Å². The van der Waals surface area contributed by atoms with Gasteiger partial charge in [0.05, 0.1) is 12.1 Å². The van der Waals surface area contributed by atoms with Crippen molar-refractivity contribution < 1.29 is 9.53 Å². The molecule has 2 aromatic carbocycles. The monoisotopic (exact) mass is 386 g/mol. The van der Waals surface area contributed by atoms with Gasteiger partial charge < -0.3 is 10.1 Å². The van der Waals surface area contributed by atoms with Crippen molar-refractivity contribution in [3.05, 3.63) is 74.7 Å². The van der Waals surface area contributed by atoms with Gasteiger partial charge in [0.1, 0.15) is 17.4 Å². The summed E-state index contributed by atoms with van der Waals surface area (Å²) in [6.07, 6.45) is 0.215. The Morgan fingerprint density at radius 2 is 1.96 bits per heavy atom. The number of benzene rings is 2. The number of thiazole rings is 1. The number of aromatic nitrogens is 1. The van der Waals surface area contributed by atoms with Crippen LogP contribution in [0.2, 0.25) is 5.02 Å². The molecule has 4 nitrogen and oxygen atoms in total. The zero-order valence-electron chi connectivity index (χ0n) is 14.6. The van der Waals surface area contributed by atoms with Crippen molar-refractivity contribution in [1.82, 2.24) is 4.98 Å². The van der Waals surface area contributed by atoms with Gasteiger partial charge in [-0.2, -0.15) is 0 Å². The van der Waals surface area contributed by atoms with Gasteiger partial charge >= 0.3 is 0 Å². The van der Waals surface area contributed by atoms with Crippen LogP contribution in [-0.2, 0) is 17.8 Å². The molecule has 134 valence electrons. The molecule has 0 atom stereocenters. The van der Waals surface area contributed by atoms with Crippen LogP contribution in [-0.4, -0.2) is 10.9 Å². The number of carbonyl (C=O) groups excluding carboxylic acids is 1. The van der Waals surface area contributed by atoms with E-state index in [4.69, 9.17) is 16.3 Å². The first kappa shape index (κ1) is 18.4. The Balaban J connectivity index is 1.55. The van der Waals surface area contributed by atoms with Crippen LogP contribution in [0.5, 0.6) is 5.75 Å². The SMILES string of the molecule is Cc1ccc(OCc2nc(CC(=O)Nc3cc(Cl)ccc3C)cs2)cc1. The smallest absolute Gasteiger partial charge is 0.230 e. The second-order valence-corrected chi connectivity index (χ2v) is 7.40. The number of nitrogens with one attached hydrogen (secondary N) is 1. The summed E-state index contributed by atoms with van der Waals surface area (Å²) >= 11 is 7.47. The molecule has 1 heterocycles.